The minimum absolute atomic E-state index is 0.270. The number of carbonyl (C=O) groups is 1. The molecule has 0 aliphatic carbocycles. The average Bonchev–Trinajstić information content (AvgIpc) is 2.86. The van der Waals surface area contributed by atoms with Crippen LogP contribution in [-0.2, 0) is 6.42 Å². The number of amides is 1. The Bertz CT molecular complexity index is 902. The maximum absolute atomic E-state index is 12.7. The Morgan fingerprint density at radius 1 is 1.30 bits per heavy atom. The number of rotatable bonds is 3. The minimum Gasteiger partial charge on any atom is -0.338 e. The van der Waals surface area contributed by atoms with Gasteiger partial charge in [0.05, 0.1) is 16.8 Å². The van der Waals surface area contributed by atoms with Crippen molar-refractivity contribution in [3.05, 3.63) is 51.8 Å². The lowest BCUT2D eigenvalue weighted by Crippen LogP contribution is -2.13. The first-order valence-electron chi connectivity index (χ1n) is 7.33. The second kappa shape index (κ2) is 6.01. The Kier molecular flexibility index (Phi) is 4.05. The van der Waals surface area contributed by atoms with Crippen LogP contribution in [0.3, 0.4) is 0 Å². The maximum Gasteiger partial charge on any atom is 0.258 e. The third-order valence-corrected chi connectivity index (χ3v) is 3.94. The first-order valence-corrected chi connectivity index (χ1v) is 7.70. The molecule has 2 heterocycles. The lowest BCUT2D eigenvalue weighted by atomic mass is 10.1. The summed E-state index contributed by atoms with van der Waals surface area (Å²) < 4.78 is 5.22. The number of hydrogen-bond donors (Lipinski definition) is 1. The van der Waals surface area contributed by atoms with Crippen molar-refractivity contribution >= 4 is 34.3 Å². The topological polar surface area (TPSA) is 68.0 Å². The highest BCUT2D eigenvalue weighted by atomic mass is 35.5. The van der Waals surface area contributed by atoms with E-state index in [-0.39, 0.29) is 5.91 Å². The van der Waals surface area contributed by atoms with Crippen molar-refractivity contribution in [2.45, 2.75) is 27.2 Å². The van der Waals surface area contributed by atoms with Crippen LogP contribution in [0.4, 0.5) is 5.88 Å². The number of halogens is 1. The zero-order valence-electron chi connectivity index (χ0n) is 13.1. The summed E-state index contributed by atoms with van der Waals surface area (Å²) in [7, 11) is 0. The van der Waals surface area contributed by atoms with Crippen LogP contribution >= 0.6 is 11.6 Å². The Morgan fingerprint density at radius 3 is 2.83 bits per heavy atom. The van der Waals surface area contributed by atoms with Gasteiger partial charge in [-0.3, -0.25) is 15.1 Å². The van der Waals surface area contributed by atoms with Gasteiger partial charge in [0.25, 0.3) is 5.91 Å². The fraction of sp³-hybridized carbons (Fsp3) is 0.235. The van der Waals surface area contributed by atoms with Gasteiger partial charge in [-0.25, -0.2) is 0 Å². The second-order valence-corrected chi connectivity index (χ2v) is 5.79. The molecule has 0 aliphatic rings. The van der Waals surface area contributed by atoms with Crippen molar-refractivity contribution in [1.29, 1.82) is 0 Å². The fourth-order valence-electron chi connectivity index (χ4n) is 2.59. The number of nitrogens with one attached hydrogen (secondary N) is 1. The van der Waals surface area contributed by atoms with Gasteiger partial charge in [-0.2, -0.15) is 0 Å². The molecule has 118 valence electrons. The molecule has 0 atom stereocenters. The summed E-state index contributed by atoms with van der Waals surface area (Å²) in [6.07, 6.45) is 0.729. The van der Waals surface area contributed by atoms with Crippen LogP contribution in [0.2, 0.25) is 5.02 Å². The molecule has 3 rings (SSSR count). The number of aryl methyl sites for hydroxylation is 2. The molecule has 0 spiro atoms. The summed E-state index contributed by atoms with van der Waals surface area (Å²) >= 11 is 6.06. The van der Waals surface area contributed by atoms with Gasteiger partial charge in [0.2, 0.25) is 5.88 Å². The lowest BCUT2D eigenvalue weighted by molar-refractivity contribution is 0.102. The summed E-state index contributed by atoms with van der Waals surface area (Å²) in [4.78, 5) is 17.1. The Balaban J connectivity index is 2.05. The predicted octanol–water partition coefficient (Wildman–Crippen LogP) is 4.31. The SMILES string of the molecule is CCc1c(C)noc1NC(=O)c1cc(C)nc2ccc(Cl)cc12. The highest BCUT2D eigenvalue weighted by Gasteiger charge is 2.17. The molecule has 6 heteroatoms. The molecule has 0 saturated heterocycles. The van der Waals surface area contributed by atoms with E-state index in [0.717, 1.165) is 28.9 Å². The third kappa shape index (κ3) is 2.92. The summed E-state index contributed by atoms with van der Waals surface area (Å²) in [6, 6.07) is 7.04. The van der Waals surface area contributed by atoms with Gasteiger partial charge in [-0.15, -0.1) is 0 Å². The quantitative estimate of drug-likeness (QED) is 0.777. The van der Waals surface area contributed by atoms with Crippen LogP contribution in [0.1, 0.15) is 34.2 Å². The molecular weight excluding hydrogens is 314 g/mol. The van der Waals surface area contributed by atoms with Crippen molar-refractivity contribution in [1.82, 2.24) is 10.1 Å². The molecule has 0 fully saturated rings. The van der Waals surface area contributed by atoms with Crippen molar-refractivity contribution in [2.75, 3.05) is 5.32 Å². The van der Waals surface area contributed by atoms with E-state index >= 15 is 0 Å². The van der Waals surface area contributed by atoms with Gasteiger partial charge in [-0.05, 0) is 44.5 Å². The van der Waals surface area contributed by atoms with E-state index in [2.05, 4.69) is 15.5 Å². The number of anilines is 1. The summed E-state index contributed by atoms with van der Waals surface area (Å²) in [6.45, 7) is 5.69. The molecule has 0 bridgehead atoms. The van der Waals surface area contributed by atoms with Crippen molar-refractivity contribution in [3.8, 4) is 0 Å². The molecule has 5 nitrogen and oxygen atoms in total. The van der Waals surface area contributed by atoms with Crippen molar-refractivity contribution < 1.29 is 9.32 Å². The molecule has 1 N–H and O–H groups in total. The second-order valence-electron chi connectivity index (χ2n) is 5.36. The molecule has 0 unspecified atom stereocenters. The van der Waals surface area contributed by atoms with Gasteiger partial charge in [0, 0.05) is 21.7 Å². The molecule has 23 heavy (non-hydrogen) atoms. The van der Waals surface area contributed by atoms with E-state index in [1.54, 1.807) is 24.3 Å². The molecule has 1 aromatic carbocycles. The number of carbonyl (C=O) groups excluding carboxylic acids is 1. The van der Waals surface area contributed by atoms with Crippen molar-refractivity contribution in [3.63, 3.8) is 0 Å². The van der Waals surface area contributed by atoms with Gasteiger partial charge >= 0.3 is 0 Å². The smallest absolute Gasteiger partial charge is 0.258 e. The monoisotopic (exact) mass is 329 g/mol. The number of hydrogen-bond acceptors (Lipinski definition) is 4. The first kappa shape index (κ1) is 15.5. The summed E-state index contributed by atoms with van der Waals surface area (Å²) in [5.74, 6) is 0.119. The summed E-state index contributed by atoms with van der Waals surface area (Å²) in [5.41, 5.74) is 3.66. The van der Waals surface area contributed by atoms with E-state index in [1.165, 1.54) is 0 Å². The normalized spacial score (nSPS) is 11.0. The van der Waals surface area contributed by atoms with Gasteiger partial charge < -0.3 is 4.52 Å². The third-order valence-electron chi connectivity index (χ3n) is 3.71. The van der Waals surface area contributed by atoms with Crippen LogP contribution in [0.25, 0.3) is 10.9 Å². The van der Waals surface area contributed by atoms with E-state index in [1.807, 2.05) is 20.8 Å². The van der Waals surface area contributed by atoms with Gasteiger partial charge in [0.15, 0.2) is 0 Å². The van der Waals surface area contributed by atoms with Crippen LogP contribution in [0.5, 0.6) is 0 Å². The number of nitrogens with zero attached hydrogens (tertiary/aromatic N) is 2. The largest absolute Gasteiger partial charge is 0.338 e. The number of pyridine rings is 1. The first-order chi connectivity index (χ1) is 11.0. The average molecular weight is 330 g/mol. The highest BCUT2D eigenvalue weighted by molar-refractivity contribution is 6.31. The van der Waals surface area contributed by atoms with Crippen LogP contribution in [-0.4, -0.2) is 16.0 Å². The maximum atomic E-state index is 12.7. The minimum atomic E-state index is -0.270. The Labute approximate surface area is 138 Å². The van der Waals surface area contributed by atoms with E-state index in [9.17, 15) is 4.79 Å². The highest BCUT2D eigenvalue weighted by Crippen LogP contribution is 2.25. The van der Waals surface area contributed by atoms with Gasteiger partial charge in [-0.1, -0.05) is 23.7 Å². The van der Waals surface area contributed by atoms with Crippen LogP contribution in [0, 0.1) is 13.8 Å². The Hall–Kier alpha value is -2.40. The molecule has 0 saturated carbocycles. The molecule has 2 aromatic heterocycles. The zero-order valence-corrected chi connectivity index (χ0v) is 13.9. The molecule has 1 amide bonds. The number of aromatic nitrogens is 2. The molecule has 0 radical (unpaired) electrons. The Morgan fingerprint density at radius 2 is 2.09 bits per heavy atom. The standard InChI is InChI=1S/C17H16ClN3O2/c1-4-12-10(3)21-23-17(12)20-16(22)14-7-9(2)19-15-6-5-11(18)8-13(14)15/h5-8H,4H2,1-3H3,(H,20,22). The summed E-state index contributed by atoms with van der Waals surface area (Å²) in [5, 5.41) is 7.96. The lowest BCUT2D eigenvalue weighted by Gasteiger charge is -2.08. The van der Waals surface area contributed by atoms with E-state index in [0.29, 0.717) is 21.9 Å². The zero-order chi connectivity index (χ0) is 16.6. The predicted molar refractivity (Wildman–Crippen MR) is 90.1 cm³/mol. The van der Waals surface area contributed by atoms with Gasteiger partial charge in [0.1, 0.15) is 0 Å². The molecule has 3 aromatic rings. The molecule has 0 aliphatic heterocycles. The van der Waals surface area contributed by atoms with E-state index in [4.69, 9.17) is 16.1 Å². The molecular formula is C17H16ClN3O2. The number of fused-ring (bicyclic) bond motifs is 1. The number of benzene rings is 1. The fourth-order valence-corrected chi connectivity index (χ4v) is 2.76. The van der Waals surface area contributed by atoms with E-state index < -0.39 is 0 Å². The van der Waals surface area contributed by atoms with Crippen molar-refractivity contribution in [2.24, 2.45) is 0 Å². The van der Waals surface area contributed by atoms with Crippen LogP contribution in [0.15, 0.2) is 28.8 Å². The van der Waals surface area contributed by atoms with Crippen LogP contribution < -0.4 is 5.32 Å².